The summed E-state index contributed by atoms with van der Waals surface area (Å²) in [5.74, 6) is -0.489. The maximum absolute atomic E-state index is 12.3. The molecule has 0 spiro atoms. The van der Waals surface area contributed by atoms with Crippen LogP contribution in [0.15, 0.2) is 29.2 Å². The standard InChI is InChI=1S/C14H20N2O4S/c1-11-2-4-12(5-3-11)21(18,19)16-10-14(13(15)17)6-8-20-9-7-14/h2-5,16H,6-10H2,1H3,(H2,15,17). The van der Waals surface area contributed by atoms with Crippen molar-refractivity contribution in [1.29, 1.82) is 0 Å². The van der Waals surface area contributed by atoms with Crippen molar-refractivity contribution >= 4 is 15.9 Å². The van der Waals surface area contributed by atoms with Gasteiger partial charge in [0.1, 0.15) is 0 Å². The molecule has 0 aliphatic carbocycles. The highest BCUT2D eigenvalue weighted by molar-refractivity contribution is 7.89. The van der Waals surface area contributed by atoms with Gasteiger partial charge in [-0.3, -0.25) is 4.79 Å². The normalized spacial score (nSPS) is 18.3. The van der Waals surface area contributed by atoms with E-state index in [1.54, 1.807) is 24.3 Å². The van der Waals surface area contributed by atoms with Crippen LogP contribution in [0.4, 0.5) is 0 Å². The second-order valence-corrected chi connectivity index (χ2v) is 7.16. The van der Waals surface area contributed by atoms with Crippen LogP contribution in [-0.2, 0) is 19.6 Å². The van der Waals surface area contributed by atoms with Gasteiger partial charge in [-0.05, 0) is 31.9 Å². The second kappa shape index (κ2) is 6.13. The van der Waals surface area contributed by atoms with Crippen LogP contribution in [0.3, 0.4) is 0 Å². The molecule has 0 bridgehead atoms. The molecule has 1 aliphatic heterocycles. The van der Waals surface area contributed by atoms with Crippen molar-refractivity contribution in [1.82, 2.24) is 4.72 Å². The molecule has 1 aromatic rings. The van der Waals surface area contributed by atoms with Gasteiger partial charge in [-0.2, -0.15) is 0 Å². The Hall–Kier alpha value is -1.44. The first-order valence-corrected chi connectivity index (χ1v) is 8.28. The third kappa shape index (κ3) is 3.61. The third-order valence-corrected chi connectivity index (χ3v) is 5.32. The molecule has 0 aromatic heterocycles. The van der Waals surface area contributed by atoms with Crippen molar-refractivity contribution in [2.24, 2.45) is 11.1 Å². The molecule has 6 nitrogen and oxygen atoms in total. The molecule has 1 saturated heterocycles. The summed E-state index contributed by atoms with van der Waals surface area (Å²) in [5, 5.41) is 0. The van der Waals surface area contributed by atoms with E-state index in [-0.39, 0.29) is 11.4 Å². The molecule has 0 unspecified atom stereocenters. The molecule has 1 aliphatic rings. The van der Waals surface area contributed by atoms with E-state index >= 15 is 0 Å². The average molecular weight is 312 g/mol. The Kier molecular flexibility index (Phi) is 4.65. The lowest BCUT2D eigenvalue weighted by Gasteiger charge is -2.34. The van der Waals surface area contributed by atoms with Crippen LogP contribution < -0.4 is 10.5 Å². The van der Waals surface area contributed by atoms with Crippen LogP contribution in [0.2, 0.25) is 0 Å². The van der Waals surface area contributed by atoms with Crippen molar-refractivity contribution in [2.75, 3.05) is 19.8 Å². The molecule has 2 rings (SSSR count). The number of benzene rings is 1. The monoisotopic (exact) mass is 312 g/mol. The summed E-state index contributed by atoms with van der Waals surface area (Å²) in [6, 6.07) is 6.54. The Morgan fingerprint density at radius 2 is 1.86 bits per heavy atom. The molecule has 1 amide bonds. The number of nitrogens with one attached hydrogen (secondary N) is 1. The highest BCUT2D eigenvalue weighted by Gasteiger charge is 2.39. The van der Waals surface area contributed by atoms with E-state index in [1.165, 1.54) is 0 Å². The number of carbonyl (C=O) groups excluding carboxylic acids is 1. The van der Waals surface area contributed by atoms with Crippen molar-refractivity contribution in [3.63, 3.8) is 0 Å². The largest absolute Gasteiger partial charge is 0.381 e. The maximum atomic E-state index is 12.3. The predicted octanol–water partition coefficient (Wildman–Crippen LogP) is 0.555. The fourth-order valence-electron chi connectivity index (χ4n) is 2.31. The van der Waals surface area contributed by atoms with Gasteiger partial charge in [-0.25, -0.2) is 13.1 Å². The summed E-state index contributed by atoms with van der Waals surface area (Å²) in [7, 11) is -3.65. The molecule has 7 heteroatoms. The van der Waals surface area contributed by atoms with E-state index in [9.17, 15) is 13.2 Å². The van der Waals surface area contributed by atoms with E-state index < -0.39 is 21.3 Å². The van der Waals surface area contributed by atoms with Gasteiger partial charge in [0.25, 0.3) is 0 Å². The SMILES string of the molecule is Cc1ccc(S(=O)(=O)NCC2(C(N)=O)CCOCC2)cc1. The molecule has 116 valence electrons. The Labute approximate surface area is 124 Å². The smallest absolute Gasteiger partial charge is 0.240 e. The lowest BCUT2D eigenvalue weighted by atomic mass is 9.80. The van der Waals surface area contributed by atoms with Gasteiger partial charge in [-0.15, -0.1) is 0 Å². The van der Waals surface area contributed by atoms with E-state index in [2.05, 4.69) is 4.72 Å². The zero-order valence-electron chi connectivity index (χ0n) is 12.0. The molecule has 0 radical (unpaired) electrons. The number of rotatable bonds is 5. The fourth-order valence-corrected chi connectivity index (χ4v) is 3.43. The Morgan fingerprint density at radius 1 is 1.29 bits per heavy atom. The summed E-state index contributed by atoms with van der Waals surface area (Å²) in [6.07, 6.45) is 0.859. The molecule has 21 heavy (non-hydrogen) atoms. The van der Waals surface area contributed by atoms with Gasteiger partial charge >= 0.3 is 0 Å². The minimum absolute atomic E-state index is 0.00189. The van der Waals surface area contributed by atoms with Gasteiger partial charge in [0.05, 0.1) is 10.3 Å². The molecular weight excluding hydrogens is 292 g/mol. The molecule has 1 fully saturated rings. The number of amides is 1. The van der Waals surface area contributed by atoms with Crippen LogP contribution in [0, 0.1) is 12.3 Å². The zero-order chi connectivity index (χ0) is 15.5. The van der Waals surface area contributed by atoms with Crippen LogP contribution in [0.1, 0.15) is 18.4 Å². The summed E-state index contributed by atoms with van der Waals surface area (Å²) in [4.78, 5) is 11.9. The average Bonchev–Trinajstić information content (AvgIpc) is 2.46. The molecule has 1 aromatic carbocycles. The molecule has 1 heterocycles. The number of aryl methyl sites for hydroxylation is 1. The van der Waals surface area contributed by atoms with Crippen LogP contribution in [-0.4, -0.2) is 34.1 Å². The van der Waals surface area contributed by atoms with Crippen molar-refractivity contribution in [3.05, 3.63) is 29.8 Å². The van der Waals surface area contributed by atoms with Crippen LogP contribution in [0.25, 0.3) is 0 Å². The lowest BCUT2D eigenvalue weighted by molar-refractivity contribution is -0.132. The Morgan fingerprint density at radius 3 is 2.38 bits per heavy atom. The summed E-state index contributed by atoms with van der Waals surface area (Å²) in [5.41, 5.74) is 5.57. The molecule has 0 atom stereocenters. The minimum Gasteiger partial charge on any atom is -0.381 e. The van der Waals surface area contributed by atoms with Crippen molar-refractivity contribution < 1.29 is 17.9 Å². The lowest BCUT2D eigenvalue weighted by Crippen LogP contribution is -2.49. The molecular formula is C14H20N2O4S. The highest BCUT2D eigenvalue weighted by atomic mass is 32.2. The number of sulfonamides is 1. The second-order valence-electron chi connectivity index (χ2n) is 5.39. The summed E-state index contributed by atoms with van der Waals surface area (Å²) in [6.45, 7) is 2.71. The van der Waals surface area contributed by atoms with E-state index in [4.69, 9.17) is 10.5 Å². The first kappa shape index (κ1) is 15.9. The number of nitrogens with two attached hydrogens (primary N) is 1. The molecule has 0 saturated carbocycles. The van der Waals surface area contributed by atoms with Crippen molar-refractivity contribution in [3.8, 4) is 0 Å². The van der Waals surface area contributed by atoms with E-state index in [0.29, 0.717) is 26.1 Å². The maximum Gasteiger partial charge on any atom is 0.240 e. The van der Waals surface area contributed by atoms with Gasteiger partial charge in [0.15, 0.2) is 0 Å². The van der Waals surface area contributed by atoms with Gasteiger partial charge in [0.2, 0.25) is 15.9 Å². The minimum atomic E-state index is -3.65. The zero-order valence-corrected chi connectivity index (χ0v) is 12.8. The highest BCUT2D eigenvalue weighted by Crippen LogP contribution is 2.29. The van der Waals surface area contributed by atoms with Crippen LogP contribution >= 0.6 is 0 Å². The molecule has 3 N–H and O–H groups in total. The summed E-state index contributed by atoms with van der Waals surface area (Å²) < 4.78 is 32.2. The number of carbonyl (C=O) groups is 1. The topological polar surface area (TPSA) is 98.5 Å². The van der Waals surface area contributed by atoms with Gasteiger partial charge < -0.3 is 10.5 Å². The van der Waals surface area contributed by atoms with Gasteiger partial charge in [0, 0.05) is 19.8 Å². The number of ether oxygens (including phenoxy) is 1. The van der Waals surface area contributed by atoms with E-state index in [1.807, 2.05) is 6.92 Å². The Bertz CT molecular complexity index is 604. The quantitative estimate of drug-likeness (QED) is 0.829. The predicted molar refractivity (Wildman–Crippen MR) is 78.0 cm³/mol. The number of hydrogen-bond donors (Lipinski definition) is 2. The first-order chi connectivity index (χ1) is 9.86. The Balaban J connectivity index is 2.13. The van der Waals surface area contributed by atoms with Gasteiger partial charge in [-0.1, -0.05) is 17.7 Å². The summed E-state index contributed by atoms with van der Waals surface area (Å²) >= 11 is 0. The number of primary amides is 1. The first-order valence-electron chi connectivity index (χ1n) is 6.80. The fraction of sp³-hybridized carbons (Fsp3) is 0.500. The number of hydrogen-bond acceptors (Lipinski definition) is 4. The van der Waals surface area contributed by atoms with Crippen LogP contribution in [0.5, 0.6) is 0 Å². The van der Waals surface area contributed by atoms with E-state index in [0.717, 1.165) is 5.56 Å². The van der Waals surface area contributed by atoms with Crippen molar-refractivity contribution in [2.45, 2.75) is 24.7 Å². The third-order valence-electron chi connectivity index (χ3n) is 3.90.